The van der Waals surface area contributed by atoms with Crippen LogP contribution in [0.1, 0.15) is 35.9 Å². The summed E-state index contributed by atoms with van der Waals surface area (Å²) in [6, 6.07) is -0.373. The molecule has 2 aromatic heterocycles. The lowest BCUT2D eigenvalue weighted by Crippen LogP contribution is -2.72. The lowest BCUT2D eigenvalue weighted by Gasteiger charge is -2.52. The molecule has 3 fully saturated rings. The fraction of sp³-hybridized carbons (Fsp3) is 0.448. The smallest absolute Gasteiger partial charge is 0.347 e. The number of β-lactam (4-membered cyclic amide) rings is 1. The number of thioether (sulfide) groups is 1. The number of carbonyl (C=O) groups excluding carboxylic acids is 4. The zero-order chi connectivity index (χ0) is 36.1. The first-order valence-electron chi connectivity index (χ1n) is 15.4. The first-order valence-corrected chi connectivity index (χ1v) is 17.3. The van der Waals surface area contributed by atoms with Gasteiger partial charge in [0.2, 0.25) is 11.5 Å². The number of hydrogen-bond donors (Lipinski definition) is 5. The number of pyridine rings is 1. The number of nitrogens with one attached hydrogen (secondary N) is 1. The molecule has 2 aromatic rings. The van der Waals surface area contributed by atoms with Crippen molar-refractivity contribution < 1.29 is 53.8 Å². The number of aromatic hydroxyl groups is 1. The number of carboxylic acids is 2. The number of aliphatic carboxylic acids is 2. The van der Waals surface area contributed by atoms with Crippen molar-refractivity contribution in [2.45, 2.75) is 43.3 Å². The third-order valence-electron chi connectivity index (χ3n) is 9.34. The average Bonchev–Trinajstić information content (AvgIpc) is 3.69. The summed E-state index contributed by atoms with van der Waals surface area (Å²) in [5, 5.41) is 48.3. The molecule has 3 saturated heterocycles. The standard InChI is InChI=1S/C29H32N8O11S2/c1-13(27(43)44)48-33-20(16-12-50-29(30)31-16)23(40)32-21-25(42)36-22(28(45)46)14(11-49-26(21)36)10-37-5-2-3-15(37)8-34(4-6-37)24(41)17-7-18(38)19(39)9-35(17)47/h7,9,12-13,15,21,26,47H,2-6,8,10-11H2,1H3,(H5-,30,31,32,39,40,43,44,45,46)/b33-20-/t13-,15-,21+,26+,37+/m0/s1. The monoisotopic (exact) mass is 732 g/mol. The molecule has 266 valence electrons. The van der Waals surface area contributed by atoms with Gasteiger partial charge in [0.1, 0.15) is 35.4 Å². The summed E-state index contributed by atoms with van der Waals surface area (Å²) < 4.78 is 0.878. The molecule has 6 N–H and O–H groups in total. The molecule has 4 aliphatic rings. The fourth-order valence-electron chi connectivity index (χ4n) is 6.79. The third kappa shape index (κ3) is 6.22. The lowest BCUT2D eigenvalue weighted by atomic mass is 10.0. The zero-order valence-corrected chi connectivity index (χ0v) is 28.0. The number of amides is 3. The van der Waals surface area contributed by atoms with E-state index < -0.39 is 64.1 Å². The Labute approximate surface area is 290 Å². The summed E-state index contributed by atoms with van der Waals surface area (Å²) in [5.41, 5.74) is 4.37. The van der Waals surface area contributed by atoms with E-state index >= 15 is 0 Å². The van der Waals surface area contributed by atoms with Crippen molar-refractivity contribution in [3.05, 3.63) is 50.5 Å². The van der Waals surface area contributed by atoms with Crippen LogP contribution < -0.4 is 21.6 Å². The number of thiazole rings is 1. The Balaban J connectivity index is 1.18. The molecule has 0 bridgehead atoms. The summed E-state index contributed by atoms with van der Waals surface area (Å²) >= 11 is 2.26. The number of quaternary nitrogens is 1. The number of rotatable bonds is 10. The molecule has 5 atom stereocenters. The number of carbonyl (C=O) groups is 5. The van der Waals surface area contributed by atoms with Crippen molar-refractivity contribution in [2.24, 2.45) is 5.16 Å². The molecule has 50 heavy (non-hydrogen) atoms. The van der Waals surface area contributed by atoms with Gasteiger partial charge in [0.15, 0.2) is 16.6 Å². The molecule has 0 aromatic carbocycles. The summed E-state index contributed by atoms with van der Waals surface area (Å²) in [7, 11) is 0. The largest absolute Gasteiger partial charge is 0.543 e. The van der Waals surface area contributed by atoms with Crippen molar-refractivity contribution in [3.63, 3.8) is 0 Å². The van der Waals surface area contributed by atoms with E-state index in [1.54, 1.807) is 0 Å². The van der Waals surface area contributed by atoms with Crippen LogP contribution in [0.4, 0.5) is 5.13 Å². The molecule has 4 aliphatic heterocycles. The Morgan fingerprint density at radius 2 is 2.04 bits per heavy atom. The number of piperazine rings is 1. The quantitative estimate of drug-likeness (QED) is 0.0559. The lowest BCUT2D eigenvalue weighted by molar-refractivity contribution is -0.938. The predicted octanol–water partition coefficient (Wildman–Crippen LogP) is -2.44. The van der Waals surface area contributed by atoms with Gasteiger partial charge in [-0.05, 0) is 6.92 Å². The van der Waals surface area contributed by atoms with Gasteiger partial charge in [-0.25, -0.2) is 9.78 Å². The van der Waals surface area contributed by atoms with Crippen LogP contribution >= 0.6 is 23.1 Å². The number of aromatic nitrogens is 2. The number of oxime groups is 1. The van der Waals surface area contributed by atoms with E-state index in [0.29, 0.717) is 27.9 Å². The van der Waals surface area contributed by atoms with E-state index in [-0.39, 0.29) is 53.6 Å². The first kappa shape index (κ1) is 34.7. The van der Waals surface area contributed by atoms with E-state index in [0.717, 1.165) is 41.3 Å². The molecule has 0 radical (unpaired) electrons. The normalized spacial score (nSPS) is 25.3. The highest BCUT2D eigenvalue weighted by Crippen LogP contribution is 2.42. The van der Waals surface area contributed by atoms with Crippen LogP contribution in [0.2, 0.25) is 0 Å². The maximum absolute atomic E-state index is 13.4. The molecule has 0 saturated carbocycles. The van der Waals surface area contributed by atoms with Crippen LogP contribution in [0.3, 0.4) is 0 Å². The minimum absolute atomic E-state index is 0.00946. The Morgan fingerprint density at radius 1 is 1.28 bits per heavy atom. The molecule has 19 nitrogen and oxygen atoms in total. The van der Waals surface area contributed by atoms with Gasteiger partial charge in [-0.3, -0.25) is 24.1 Å². The van der Waals surface area contributed by atoms with Gasteiger partial charge in [0.05, 0.1) is 44.0 Å². The first-order chi connectivity index (χ1) is 23.7. The Kier molecular flexibility index (Phi) is 9.22. The van der Waals surface area contributed by atoms with Crippen molar-refractivity contribution in [1.29, 1.82) is 0 Å². The maximum atomic E-state index is 13.4. The van der Waals surface area contributed by atoms with Gasteiger partial charge in [-0.15, -0.1) is 23.1 Å². The molecule has 6 heterocycles. The maximum Gasteiger partial charge on any atom is 0.347 e. The minimum atomic E-state index is -1.55. The minimum Gasteiger partial charge on any atom is -0.543 e. The topological polar surface area (TPSA) is 270 Å². The summed E-state index contributed by atoms with van der Waals surface area (Å²) in [6.45, 7) is 3.15. The number of nitrogens with two attached hydrogens (primary N) is 1. The van der Waals surface area contributed by atoms with Crippen LogP contribution in [0.25, 0.3) is 0 Å². The van der Waals surface area contributed by atoms with E-state index in [1.807, 2.05) is 0 Å². The molecular formula is C29H32N8O11S2. The predicted molar refractivity (Wildman–Crippen MR) is 172 cm³/mol. The highest BCUT2D eigenvalue weighted by molar-refractivity contribution is 8.00. The van der Waals surface area contributed by atoms with Crippen LogP contribution in [-0.2, 0) is 24.0 Å². The SMILES string of the molecule is C[C@H](O/N=C(\C(=O)N[C@@H]1C(=O)N2C(C(=O)[O-])=C(C[N@+]34CCC[C@H]3CN(C(=O)c3cc(=O)c(O)cn3O)CC4)CS[C@H]12)c1csc(N)n1)C(=O)O. The van der Waals surface area contributed by atoms with Crippen LogP contribution in [-0.4, -0.2) is 137 Å². The molecule has 0 spiro atoms. The second-order valence-corrected chi connectivity index (χ2v) is 14.3. The second kappa shape index (κ2) is 13.3. The van der Waals surface area contributed by atoms with Crippen LogP contribution in [0.5, 0.6) is 5.75 Å². The van der Waals surface area contributed by atoms with E-state index in [4.69, 9.17) is 15.7 Å². The number of anilines is 1. The summed E-state index contributed by atoms with van der Waals surface area (Å²) in [4.78, 5) is 87.2. The highest BCUT2D eigenvalue weighted by Gasteiger charge is 2.55. The van der Waals surface area contributed by atoms with E-state index in [1.165, 1.54) is 29.0 Å². The molecule has 21 heteroatoms. The zero-order valence-electron chi connectivity index (χ0n) is 26.4. The van der Waals surface area contributed by atoms with Gasteiger partial charge in [0, 0.05) is 35.6 Å². The van der Waals surface area contributed by atoms with Crippen LogP contribution in [0.15, 0.2) is 38.9 Å². The van der Waals surface area contributed by atoms with Crippen LogP contribution in [0, 0.1) is 0 Å². The molecule has 6 rings (SSSR count). The Morgan fingerprint density at radius 3 is 2.72 bits per heavy atom. The Bertz CT molecular complexity index is 1910. The van der Waals surface area contributed by atoms with Gasteiger partial charge >= 0.3 is 5.97 Å². The summed E-state index contributed by atoms with van der Waals surface area (Å²) in [6.07, 6.45) is 0.891. The Hall–Kier alpha value is -5.15. The van der Waals surface area contributed by atoms with Crippen molar-refractivity contribution in [2.75, 3.05) is 44.2 Å². The number of nitrogens with zero attached hydrogens (tertiary/aromatic N) is 6. The summed E-state index contributed by atoms with van der Waals surface area (Å²) in [5.74, 6) is -5.56. The fourth-order valence-corrected chi connectivity index (χ4v) is 8.67. The second-order valence-electron chi connectivity index (χ2n) is 12.3. The van der Waals surface area contributed by atoms with E-state index in [2.05, 4.69) is 15.5 Å². The van der Waals surface area contributed by atoms with E-state index in [9.17, 15) is 44.2 Å². The third-order valence-corrected chi connectivity index (χ3v) is 11.4. The van der Waals surface area contributed by atoms with Gasteiger partial charge in [0.25, 0.3) is 17.7 Å². The average molecular weight is 733 g/mol. The van der Waals surface area contributed by atoms with Gasteiger partial charge < -0.3 is 50.6 Å². The van der Waals surface area contributed by atoms with Crippen molar-refractivity contribution >= 4 is 63.6 Å². The number of fused-ring (bicyclic) bond motifs is 2. The molecule has 0 unspecified atom stereocenters. The molecule has 3 amide bonds. The number of carboxylic acid groups (broad SMARTS) is 2. The molecular weight excluding hydrogens is 700 g/mol. The van der Waals surface area contributed by atoms with Gasteiger partial charge in [-0.1, -0.05) is 5.16 Å². The van der Waals surface area contributed by atoms with Gasteiger partial charge in [-0.2, -0.15) is 4.73 Å². The highest BCUT2D eigenvalue weighted by atomic mass is 32.2. The number of nitrogen functional groups attached to an aromatic ring is 1. The van der Waals surface area contributed by atoms with Crippen molar-refractivity contribution in [3.8, 4) is 5.75 Å². The molecule has 0 aliphatic carbocycles. The van der Waals surface area contributed by atoms with Crippen molar-refractivity contribution in [1.82, 2.24) is 24.8 Å². The number of hydrogen-bond acceptors (Lipinski definition) is 15.